The van der Waals surface area contributed by atoms with Gasteiger partial charge in [0.05, 0.1) is 11.2 Å². The topological polar surface area (TPSA) is 56.5 Å². The maximum Gasteiger partial charge on any atom is 0.164 e. The first-order valence-corrected chi connectivity index (χ1v) is 15.0. The Morgan fingerprint density at radius 3 is 1.69 bits per heavy atom. The summed E-state index contributed by atoms with van der Waals surface area (Å²) in [6.07, 6.45) is 4.11. The highest BCUT2D eigenvalue weighted by Crippen LogP contribution is 2.47. The maximum absolute atomic E-state index is 4.97. The van der Waals surface area contributed by atoms with E-state index in [-0.39, 0.29) is 0 Å². The van der Waals surface area contributed by atoms with Crippen molar-refractivity contribution in [2.45, 2.75) is 0 Å². The van der Waals surface area contributed by atoms with E-state index in [4.69, 9.17) is 19.9 Å². The summed E-state index contributed by atoms with van der Waals surface area (Å²) in [4.78, 5) is 19.7. The van der Waals surface area contributed by atoms with Crippen LogP contribution in [0.2, 0.25) is 0 Å². The SMILES string of the molecule is c1ccc(-c2nc(-c3ccccc3)nc(-c3cccc(-n4cc5c6c(cccc64)-c4ccccc4-c4cccnc4-5)c3)n2)cc1. The Bertz CT molecular complexity index is 2320. The zero-order valence-electron chi connectivity index (χ0n) is 24.2. The number of fused-ring (bicyclic) bond motifs is 5. The van der Waals surface area contributed by atoms with Gasteiger partial charge in [-0.25, -0.2) is 15.0 Å². The van der Waals surface area contributed by atoms with Crippen molar-refractivity contribution in [1.82, 2.24) is 24.5 Å². The molecule has 0 amide bonds. The molecule has 3 heterocycles. The molecule has 0 saturated heterocycles. The van der Waals surface area contributed by atoms with E-state index in [0.29, 0.717) is 17.5 Å². The molecule has 0 unspecified atom stereocenters. The third-order valence-corrected chi connectivity index (χ3v) is 8.48. The molecule has 0 atom stereocenters. The molecule has 0 aliphatic heterocycles. The predicted molar refractivity (Wildman–Crippen MR) is 181 cm³/mol. The average molecular weight is 576 g/mol. The maximum atomic E-state index is 4.97. The van der Waals surface area contributed by atoms with Crippen molar-refractivity contribution in [2.75, 3.05) is 0 Å². The number of rotatable bonds is 4. The highest BCUT2D eigenvalue weighted by Gasteiger charge is 2.25. The van der Waals surface area contributed by atoms with Crippen LogP contribution in [0.25, 0.3) is 84.3 Å². The van der Waals surface area contributed by atoms with Crippen molar-refractivity contribution in [2.24, 2.45) is 0 Å². The highest BCUT2D eigenvalue weighted by atomic mass is 15.0. The third-order valence-electron chi connectivity index (χ3n) is 8.48. The summed E-state index contributed by atoms with van der Waals surface area (Å²) in [6.45, 7) is 0. The Morgan fingerprint density at radius 2 is 0.978 bits per heavy atom. The minimum absolute atomic E-state index is 0.629. The Kier molecular flexibility index (Phi) is 5.74. The van der Waals surface area contributed by atoms with E-state index in [0.717, 1.165) is 44.7 Å². The van der Waals surface area contributed by atoms with E-state index >= 15 is 0 Å². The van der Waals surface area contributed by atoms with Crippen LogP contribution >= 0.6 is 0 Å². The van der Waals surface area contributed by atoms with Gasteiger partial charge < -0.3 is 4.57 Å². The van der Waals surface area contributed by atoms with E-state index in [1.54, 1.807) is 0 Å². The molecule has 5 heteroatoms. The van der Waals surface area contributed by atoms with E-state index in [2.05, 4.69) is 83.6 Å². The van der Waals surface area contributed by atoms with Gasteiger partial charge in [-0.15, -0.1) is 0 Å². The van der Waals surface area contributed by atoms with Crippen LogP contribution in [0.4, 0.5) is 0 Å². The molecule has 0 fully saturated rings. The van der Waals surface area contributed by atoms with E-state index in [1.165, 1.54) is 22.1 Å². The number of benzene rings is 5. The molecule has 0 saturated carbocycles. The van der Waals surface area contributed by atoms with Crippen LogP contribution in [0.15, 0.2) is 152 Å². The van der Waals surface area contributed by atoms with Gasteiger partial charge in [0.15, 0.2) is 17.5 Å². The fourth-order valence-electron chi connectivity index (χ4n) is 6.43. The van der Waals surface area contributed by atoms with Crippen LogP contribution in [0.5, 0.6) is 0 Å². The van der Waals surface area contributed by atoms with Gasteiger partial charge in [-0.05, 0) is 41.0 Å². The molecule has 5 nitrogen and oxygen atoms in total. The number of aromatic nitrogens is 5. The lowest BCUT2D eigenvalue weighted by Crippen LogP contribution is -2.01. The number of hydrogen-bond acceptors (Lipinski definition) is 4. The minimum atomic E-state index is 0.629. The van der Waals surface area contributed by atoms with Gasteiger partial charge in [0.25, 0.3) is 0 Å². The summed E-state index contributed by atoms with van der Waals surface area (Å²) in [5, 5.41) is 1.20. The molecule has 3 aromatic heterocycles. The molecule has 0 spiro atoms. The second-order valence-corrected chi connectivity index (χ2v) is 11.1. The zero-order chi connectivity index (χ0) is 29.7. The summed E-state index contributed by atoms with van der Waals surface area (Å²) in [6, 6.07) is 47.9. The van der Waals surface area contributed by atoms with Crippen molar-refractivity contribution in [3.63, 3.8) is 0 Å². The van der Waals surface area contributed by atoms with Crippen molar-refractivity contribution in [3.05, 3.63) is 152 Å². The van der Waals surface area contributed by atoms with Crippen LogP contribution in [0.1, 0.15) is 0 Å². The summed E-state index contributed by atoms with van der Waals surface area (Å²) >= 11 is 0. The summed E-state index contributed by atoms with van der Waals surface area (Å²) in [5.74, 6) is 1.92. The quantitative estimate of drug-likeness (QED) is 0.210. The predicted octanol–water partition coefficient (Wildman–Crippen LogP) is 9.53. The Balaban J connectivity index is 1.25. The lowest BCUT2D eigenvalue weighted by atomic mass is 9.95. The summed E-state index contributed by atoms with van der Waals surface area (Å²) < 4.78 is 2.27. The van der Waals surface area contributed by atoms with Crippen molar-refractivity contribution >= 4 is 10.9 Å². The Morgan fingerprint density at radius 1 is 0.422 bits per heavy atom. The monoisotopic (exact) mass is 575 g/mol. The standard InChI is InChI=1S/C40H25N5/c1-3-12-26(13-4-1)38-42-39(27-14-5-2-6-15-27)44-40(43-38)28-16-9-17-29(24-28)45-25-34-36-32(20-10-22-35(36)45)30-18-7-8-19-31(30)33-21-11-23-41-37(33)34/h1-25H. The van der Waals surface area contributed by atoms with Crippen molar-refractivity contribution in [3.8, 4) is 73.4 Å². The summed E-state index contributed by atoms with van der Waals surface area (Å²) in [5.41, 5.74) is 11.8. The molecular formula is C40H25N5. The van der Waals surface area contributed by atoms with Gasteiger partial charge in [0, 0.05) is 51.3 Å². The third kappa shape index (κ3) is 4.17. The lowest BCUT2D eigenvalue weighted by Gasteiger charge is -2.12. The normalized spacial score (nSPS) is 11.6. The first-order chi connectivity index (χ1) is 22.3. The highest BCUT2D eigenvalue weighted by molar-refractivity contribution is 6.12. The molecule has 9 rings (SSSR count). The lowest BCUT2D eigenvalue weighted by molar-refractivity contribution is 1.07. The molecule has 1 aliphatic rings. The molecule has 0 N–H and O–H groups in total. The van der Waals surface area contributed by atoms with Crippen molar-refractivity contribution < 1.29 is 0 Å². The van der Waals surface area contributed by atoms with Crippen LogP contribution in [0, 0.1) is 0 Å². The van der Waals surface area contributed by atoms with Gasteiger partial charge in [0.2, 0.25) is 0 Å². The van der Waals surface area contributed by atoms with Crippen LogP contribution in [-0.2, 0) is 0 Å². The van der Waals surface area contributed by atoms with E-state index in [9.17, 15) is 0 Å². The molecule has 1 aliphatic carbocycles. The van der Waals surface area contributed by atoms with Gasteiger partial charge in [-0.3, -0.25) is 4.98 Å². The molecular weight excluding hydrogens is 550 g/mol. The van der Waals surface area contributed by atoms with Gasteiger partial charge in [-0.1, -0.05) is 115 Å². The molecule has 5 aromatic carbocycles. The number of pyridine rings is 1. The zero-order valence-corrected chi connectivity index (χ0v) is 24.2. The van der Waals surface area contributed by atoms with Gasteiger partial charge in [0.1, 0.15) is 0 Å². The Labute approximate surface area is 260 Å². The first kappa shape index (κ1) is 25.3. The molecule has 210 valence electrons. The smallest absolute Gasteiger partial charge is 0.164 e. The number of hydrogen-bond donors (Lipinski definition) is 0. The second kappa shape index (κ2) is 10.2. The van der Waals surface area contributed by atoms with E-state index in [1.807, 2.05) is 72.9 Å². The van der Waals surface area contributed by atoms with Gasteiger partial charge in [-0.2, -0.15) is 0 Å². The largest absolute Gasteiger partial charge is 0.316 e. The average Bonchev–Trinajstić information content (AvgIpc) is 3.47. The fraction of sp³-hybridized carbons (Fsp3) is 0. The van der Waals surface area contributed by atoms with Gasteiger partial charge >= 0.3 is 0 Å². The minimum Gasteiger partial charge on any atom is -0.316 e. The fourth-order valence-corrected chi connectivity index (χ4v) is 6.43. The first-order valence-electron chi connectivity index (χ1n) is 15.0. The molecule has 0 bridgehead atoms. The van der Waals surface area contributed by atoms with Crippen molar-refractivity contribution in [1.29, 1.82) is 0 Å². The number of nitrogens with zero attached hydrogens (tertiary/aromatic N) is 5. The Hall–Kier alpha value is -6.20. The molecule has 8 aromatic rings. The molecule has 45 heavy (non-hydrogen) atoms. The van der Waals surface area contributed by atoms with E-state index < -0.39 is 0 Å². The van der Waals surface area contributed by atoms with Crippen LogP contribution in [0.3, 0.4) is 0 Å². The summed E-state index contributed by atoms with van der Waals surface area (Å²) in [7, 11) is 0. The van der Waals surface area contributed by atoms with Crippen LogP contribution in [-0.4, -0.2) is 24.5 Å². The molecule has 0 radical (unpaired) electrons. The van der Waals surface area contributed by atoms with Crippen LogP contribution < -0.4 is 0 Å². The second-order valence-electron chi connectivity index (χ2n) is 11.1.